The van der Waals surface area contributed by atoms with E-state index in [9.17, 15) is 4.79 Å². The molecule has 2 heteroatoms. The molecule has 4 aliphatic carbocycles. The van der Waals surface area contributed by atoms with Gasteiger partial charge in [0.1, 0.15) is 5.60 Å². The summed E-state index contributed by atoms with van der Waals surface area (Å²) in [7, 11) is 0. The second-order valence-electron chi connectivity index (χ2n) is 9.47. The van der Waals surface area contributed by atoms with Crippen LogP contribution in [-0.2, 0) is 9.53 Å². The number of fused-ring (bicyclic) bond motifs is 9. The number of carbonyl (C=O) groups excluding carboxylic acids is 1. The molecular formula is C23H44O2. The number of hydrogen-bond acceptors (Lipinski definition) is 2. The van der Waals surface area contributed by atoms with Gasteiger partial charge in [-0.05, 0) is 86.9 Å². The Kier molecular flexibility index (Phi) is 6.51. The zero-order valence-electron chi connectivity index (χ0n) is 14.8. The minimum Gasteiger partial charge on any atom is -0.459 e. The largest absolute Gasteiger partial charge is 0.459 e. The molecule has 0 heterocycles. The Balaban J connectivity index is 0.00000104. The highest BCUT2D eigenvalue weighted by atomic mass is 16.6. The van der Waals surface area contributed by atoms with E-state index in [1.807, 2.05) is 13.8 Å². The molecule has 25 heavy (non-hydrogen) atoms. The Labute approximate surface area is 157 Å². The highest BCUT2D eigenvalue weighted by molar-refractivity contribution is 5.74. The minimum absolute atomic E-state index is 0. The molecule has 4 fully saturated rings. The third-order valence-corrected chi connectivity index (χ3v) is 8.38. The summed E-state index contributed by atoms with van der Waals surface area (Å²) < 4.78 is 5.86. The predicted octanol–water partition coefficient (Wildman–Crippen LogP) is 6.44. The zero-order chi connectivity index (χ0) is 15.8. The van der Waals surface area contributed by atoms with Gasteiger partial charge in [0.05, 0.1) is 5.92 Å². The van der Waals surface area contributed by atoms with Gasteiger partial charge >= 0.3 is 5.97 Å². The SMILES string of the molecule is C.C.C.CCC(C)(C)OC(=O)C1CC2CC1C1C3CC(C(C)C3C)C21. The van der Waals surface area contributed by atoms with E-state index in [4.69, 9.17) is 4.74 Å². The van der Waals surface area contributed by atoms with Crippen LogP contribution in [0.3, 0.4) is 0 Å². The summed E-state index contributed by atoms with van der Waals surface area (Å²) >= 11 is 0. The minimum atomic E-state index is -0.297. The second-order valence-corrected chi connectivity index (χ2v) is 9.47. The van der Waals surface area contributed by atoms with E-state index in [-0.39, 0.29) is 39.8 Å². The van der Waals surface area contributed by atoms with Crippen LogP contribution in [0.1, 0.15) is 82.6 Å². The van der Waals surface area contributed by atoms with Gasteiger partial charge in [0.2, 0.25) is 0 Å². The van der Waals surface area contributed by atoms with Crippen molar-refractivity contribution in [3.8, 4) is 0 Å². The van der Waals surface area contributed by atoms with Gasteiger partial charge in [0.25, 0.3) is 0 Å². The highest BCUT2D eigenvalue weighted by Gasteiger charge is 2.66. The molecule has 4 bridgehead atoms. The number of carbonyl (C=O) groups is 1. The molecule has 4 rings (SSSR count). The van der Waals surface area contributed by atoms with Gasteiger partial charge in [0.15, 0.2) is 0 Å². The summed E-state index contributed by atoms with van der Waals surface area (Å²) in [5, 5.41) is 0. The van der Waals surface area contributed by atoms with Crippen molar-refractivity contribution < 1.29 is 9.53 Å². The third-order valence-electron chi connectivity index (χ3n) is 8.38. The maximum atomic E-state index is 12.7. The van der Waals surface area contributed by atoms with Crippen molar-refractivity contribution >= 4 is 5.97 Å². The van der Waals surface area contributed by atoms with Crippen LogP contribution in [0, 0.1) is 53.3 Å². The first kappa shape index (κ1) is 22.5. The summed E-state index contributed by atoms with van der Waals surface area (Å²) in [4.78, 5) is 12.7. The molecule has 0 saturated heterocycles. The molecule has 0 aromatic heterocycles. The van der Waals surface area contributed by atoms with Crippen molar-refractivity contribution in [2.24, 2.45) is 53.3 Å². The van der Waals surface area contributed by atoms with Crippen LogP contribution in [-0.4, -0.2) is 11.6 Å². The fourth-order valence-electron chi connectivity index (χ4n) is 6.92. The second kappa shape index (κ2) is 7.24. The van der Waals surface area contributed by atoms with Crippen LogP contribution in [0.2, 0.25) is 0 Å². The zero-order valence-corrected chi connectivity index (χ0v) is 14.8. The molecule has 4 aliphatic rings. The van der Waals surface area contributed by atoms with Crippen molar-refractivity contribution in [3.63, 3.8) is 0 Å². The summed E-state index contributed by atoms with van der Waals surface area (Å²) in [6.07, 6.45) is 4.78. The molecule has 0 spiro atoms. The average molecular weight is 353 g/mol. The number of hydrogen-bond donors (Lipinski definition) is 0. The molecule has 0 amide bonds. The molecule has 148 valence electrons. The molecule has 0 radical (unpaired) electrons. The molecule has 9 unspecified atom stereocenters. The Hall–Kier alpha value is -0.530. The monoisotopic (exact) mass is 352 g/mol. The van der Waals surface area contributed by atoms with Crippen molar-refractivity contribution in [2.45, 2.75) is 88.2 Å². The van der Waals surface area contributed by atoms with Crippen molar-refractivity contribution in [3.05, 3.63) is 0 Å². The lowest BCUT2D eigenvalue weighted by Crippen LogP contribution is -2.42. The lowest BCUT2D eigenvalue weighted by Gasteiger charge is -2.43. The smallest absolute Gasteiger partial charge is 0.309 e. The van der Waals surface area contributed by atoms with E-state index in [0.29, 0.717) is 5.92 Å². The van der Waals surface area contributed by atoms with Crippen LogP contribution in [0.25, 0.3) is 0 Å². The summed E-state index contributed by atoms with van der Waals surface area (Å²) in [6.45, 7) is 11.1. The van der Waals surface area contributed by atoms with E-state index in [0.717, 1.165) is 54.3 Å². The Morgan fingerprint density at radius 2 is 1.48 bits per heavy atom. The maximum absolute atomic E-state index is 12.7. The molecule has 0 aliphatic heterocycles. The first-order chi connectivity index (χ1) is 10.3. The van der Waals surface area contributed by atoms with E-state index >= 15 is 0 Å². The standard InChI is InChI=1S/C20H32O2.3CH4/c1-6-20(4,5)22-19(21)16-8-12-7-15(16)18-14-9-13(17(12)18)10(2)11(14)3;;;/h10-18H,6-9H2,1-5H3;3*1H4. The van der Waals surface area contributed by atoms with Gasteiger partial charge in [-0.2, -0.15) is 0 Å². The molecule has 0 aromatic rings. The lowest BCUT2D eigenvalue weighted by atomic mass is 9.62. The molecule has 0 aromatic carbocycles. The van der Waals surface area contributed by atoms with Gasteiger partial charge in [-0.1, -0.05) is 43.1 Å². The van der Waals surface area contributed by atoms with Crippen molar-refractivity contribution in [1.29, 1.82) is 0 Å². The molecule has 0 N–H and O–H groups in total. The third kappa shape index (κ3) is 3.06. The molecule has 4 saturated carbocycles. The topological polar surface area (TPSA) is 26.3 Å². The Morgan fingerprint density at radius 1 is 0.920 bits per heavy atom. The number of ether oxygens (including phenoxy) is 1. The predicted molar refractivity (Wildman–Crippen MR) is 107 cm³/mol. The van der Waals surface area contributed by atoms with E-state index in [1.54, 1.807) is 0 Å². The maximum Gasteiger partial charge on any atom is 0.309 e. The van der Waals surface area contributed by atoms with Gasteiger partial charge in [-0.25, -0.2) is 0 Å². The van der Waals surface area contributed by atoms with Crippen molar-refractivity contribution in [2.75, 3.05) is 0 Å². The van der Waals surface area contributed by atoms with Gasteiger partial charge < -0.3 is 4.74 Å². The normalized spacial score (nSPS) is 45.9. The number of esters is 1. The average Bonchev–Trinajstić information content (AvgIpc) is 3.18. The fourth-order valence-corrected chi connectivity index (χ4v) is 6.92. The van der Waals surface area contributed by atoms with Crippen LogP contribution >= 0.6 is 0 Å². The lowest BCUT2D eigenvalue weighted by molar-refractivity contribution is -0.165. The highest BCUT2D eigenvalue weighted by Crippen LogP contribution is 2.71. The van der Waals surface area contributed by atoms with Gasteiger partial charge in [-0.3, -0.25) is 4.79 Å². The van der Waals surface area contributed by atoms with Gasteiger partial charge in [0, 0.05) is 0 Å². The fraction of sp³-hybridized carbons (Fsp3) is 0.957. The van der Waals surface area contributed by atoms with Gasteiger partial charge in [-0.15, -0.1) is 0 Å². The van der Waals surface area contributed by atoms with Crippen LogP contribution in [0.4, 0.5) is 0 Å². The summed E-state index contributed by atoms with van der Waals surface area (Å²) in [5.74, 6) is 7.22. The Morgan fingerprint density at radius 3 is 2.04 bits per heavy atom. The van der Waals surface area contributed by atoms with E-state index in [2.05, 4.69) is 20.8 Å². The molecular weight excluding hydrogens is 308 g/mol. The number of rotatable bonds is 3. The molecule has 2 nitrogen and oxygen atoms in total. The van der Waals surface area contributed by atoms with Crippen molar-refractivity contribution in [1.82, 2.24) is 0 Å². The van der Waals surface area contributed by atoms with Crippen LogP contribution < -0.4 is 0 Å². The summed E-state index contributed by atoms with van der Waals surface area (Å²) in [5.41, 5.74) is -0.297. The van der Waals surface area contributed by atoms with Crippen LogP contribution in [0.15, 0.2) is 0 Å². The Bertz CT molecular complexity index is 482. The first-order valence-electron chi connectivity index (χ1n) is 9.57. The van der Waals surface area contributed by atoms with Crippen LogP contribution in [0.5, 0.6) is 0 Å². The quantitative estimate of drug-likeness (QED) is 0.432. The van der Waals surface area contributed by atoms with E-state index < -0.39 is 0 Å². The summed E-state index contributed by atoms with van der Waals surface area (Å²) in [6, 6.07) is 0. The molecule has 9 atom stereocenters. The first-order valence-corrected chi connectivity index (χ1v) is 9.57. The van der Waals surface area contributed by atoms with E-state index in [1.165, 1.54) is 12.8 Å².